The molecule has 0 fully saturated rings. The third-order valence-electron chi connectivity index (χ3n) is 1.93. The molecule has 1 aromatic rings. The lowest BCUT2D eigenvalue weighted by Crippen LogP contribution is -2.38. The summed E-state index contributed by atoms with van der Waals surface area (Å²) >= 11 is 1.41. The number of carbonyl (C=O) groups excluding carboxylic acids is 1. The third-order valence-corrected chi connectivity index (χ3v) is 2.74. The maximum atomic E-state index is 11.4. The Labute approximate surface area is 98.9 Å². The summed E-state index contributed by atoms with van der Waals surface area (Å²) in [6, 6.07) is -0.589. The van der Waals surface area contributed by atoms with Gasteiger partial charge in [-0.3, -0.25) is 5.32 Å². The lowest BCUT2D eigenvalue weighted by molar-refractivity contribution is 0.229. The van der Waals surface area contributed by atoms with Gasteiger partial charge in [-0.25, -0.2) is 9.78 Å². The molecule has 0 aliphatic carbocycles. The second kappa shape index (κ2) is 6.44. The van der Waals surface area contributed by atoms with Gasteiger partial charge < -0.3 is 10.4 Å². The van der Waals surface area contributed by atoms with Crippen molar-refractivity contribution in [3.63, 3.8) is 0 Å². The van der Waals surface area contributed by atoms with E-state index in [1.54, 1.807) is 6.92 Å². The number of hydrogen-bond donors (Lipinski definition) is 3. The Morgan fingerprint density at radius 2 is 2.44 bits per heavy atom. The smallest absolute Gasteiger partial charge is 0.321 e. The number of aromatic nitrogens is 1. The maximum Gasteiger partial charge on any atom is 0.321 e. The summed E-state index contributed by atoms with van der Waals surface area (Å²) in [6.07, 6.45) is 1.96. The van der Waals surface area contributed by atoms with Crippen LogP contribution >= 0.6 is 11.3 Å². The molecule has 0 radical (unpaired) electrons. The number of carbonyl (C=O) groups is 1. The van der Waals surface area contributed by atoms with E-state index in [4.69, 9.17) is 5.11 Å². The summed E-state index contributed by atoms with van der Waals surface area (Å²) in [5.74, 6) is 0. The number of rotatable bonds is 5. The largest absolute Gasteiger partial charge is 0.394 e. The van der Waals surface area contributed by atoms with Gasteiger partial charge in [0.25, 0.3) is 0 Å². The number of thiazole rings is 1. The summed E-state index contributed by atoms with van der Waals surface area (Å²) in [4.78, 5) is 15.6. The van der Waals surface area contributed by atoms with E-state index in [2.05, 4.69) is 22.5 Å². The van der Waals surface area contributed by atoms with Crippen molar-refractivity contribution < 1.29 is 9.90 Å². The van der Waals surface area contributed by atoms with Gasteiger partial charge in [0.05, 0.1) is 18.3 Å². The Hall–Kier alpha value is -1.14. The van der Waals surface area contributed by atoms with Crippen molar-refractivity contribution in [1.29, 1.82) is 0 Å². The van der Waals surface area contributed by atoms with E-state index >= 15 is 0 Å². The van der Waals surface area contributed by atoms with E-state index < -0.39 is 0 Å². The highest BCUT2D eigenvalue weighted by Crippen LogP contribution is 2.16. The van der Waals surface area contributed by atoms with Gasteiger partial charge in [-0.05, 0) is 13.3 Å². The van der Waals surface area contributed by atoms with Crippen LogP contribution < -0.4 is 10.6 Å². The molecule has 1 atom stereocenters. The summed E-state index contributed by atoms with van der Waals surface area (Å²) in [6.45, 7) is 3.73. The van der Waals surface area contributed by atoms with E-state index in [9.17, 15) is 4.79 Å². The molecular formula is C10H17N3O2S. The average Bonchev–Trinajstić information content (AvgIpc) is 2.65. The summed E-state index contributed by atoms with van der Waals surface area (Å²) in [7, 11) is 0. The molecule has 0 aromatic carbocycles. The Kier molecular flexibility index (Phi) is 5.21. The molecule has 3 N–H and O–H groups in total. The second-order valence-electron chi connectivity index (χ2n) is 3.58. The molecule has 0 aliphatic rings. The van der Waals surface area contributed by atoms with Gasteiger partial charge in [0, 0.05) is 5.38 Å². The van der Waals surface area contributed by atoms with Crippen molar-refractivity contribution >= 4 is 22.5 Å². The number of aliphatic hydroxyl groups excluding tert-OH is 1. The molecule has 0 unspecified atom stereocenters. The number of amides is 2. The summed E-state index contributed by atoms with van der Waals surface area (Å²) in [5.41, 5.74) is 0.998. The minimum atomic E-state index is -0.334. The first-order valence-corrected chi connectivity index (χ1v) is 6.16. The van der Waals surface area contributed by atoms with E-state index in [0.29, 0.717) is 5.13 Å². The Morgan fingerprint density at radius 3 is 3.06 bits per heavy atom. The molecule has 0 spiro atoms. The lowest BCUT2D eigenvalue weighted by atomic mass is 10.3. The molecular weight excluding hydrogens is 226 g/mol. The Morgan fingerprint density at radius 1 is 1.69 bits per heavy atom. The Bertz CT molecular complexity index is 341. The molecule has 16 heavy (non-hydrogen) atoms. The van der Waals surface area contributed by atoms with Crippen LogP contribution in [0.1, 0.15) is 26.0 Å². The average molecular weight is 243 g/mol. The first-order valence-electron chi connectivity index (χ1n) is 5.28. The van der Waals surface area contributed by atoms with Crippen LogP contribution in [0.25, 0.3) is 0 Å². The van der Waals surface area contributed by atoms with E-state index in [0.717, 1.165) is 18.5 Å². The van der Waals surface area contributed by atoms with Crippen LogP contribution in [-0.4, -0.2) is 28.8 Å². The zero-order chi connectivity index (χ0) is 12.0. The molecule has 2 amide bonds. The molecule has 0 saturated heterocycles. The number of aliphatic hydroxyl groups is 1. The lowest BCUT2D eigenvalue weighted by Gasteiger charge is -2.10. The molecule has 6 heteroatoms. The second-order valence-corrected chi connectivity index (χ2v) is 4.43. The Balaban J connectivity index is 2.43. The van der Waals surface area contributed by atoms with Crippen LogP contribution in [0.4, 0.5) is 9.93 Å². The van der Waals surface area contributed by atoms with Crippen molar-refractivity contribution in [2.24, 2.45) is 0 Å². The predicted molar refractivity (Wildman–Crippen MR) is 64.8 cm³/mol. The van der Waals surface area contributed by atoms with Gasteiger partial charge in [0.2, 0.25) is 0 Å². The minimum absolute atomic E-state index is 0.0770. The third kappa shape index (κ3) is 4.16. The van der Waals surface area contributed by atoms with E-state index in [1.807, 2.05) is 5.38 Å². The van der Waals surface area contributed by atoms with Gasteiger partial charge in [0.1, 0.15) is 0 Å². The van der Waals surface area contributed by atoms with Crippen molar-refractivity contribution in [3.05, 3.63) is 11.1 Å². The number of aryl methyl sites for hydroxylation is 1. The van der Waals surface area contributed by atoms with Crippen molar-refractivity contribution in [3.8, 4) is 0 Å². The molecule has 1 heterocycles. The SMILES string of the molecule is CCCc1csc(NC(=O)N[C@@H](C)CO)n1. The van der Waals surface area contributed by atoms with Crippen LogP contribution in [0.15, 0.2) is 5.38 Å². The number of anilines is 1. The quantitative estimate of drug-likeness (QED) is 0.735. The molecule has 1 aromatic heterocycles. The first kappa shape index (κ1) is 12.9. The summed E-state index contributed by atoms with van der Waals surface area (Å²) in [5, 5.41) is 16.5. The number of urea groups is 1. The molecule has 0 aliphatic heterocycles. The monoisotopic (exact) mass is 243 g/mol. The van der Waals surface area contributed by atoms with Crippen LogP contribution in [0.3, 0.4) is 0 Å². The zero-order valence-electron chi connectivity index (χ0n) is 9.49. The van der Waals surface area contributed by atoms with Crippen LogP contribution in [0, 0.1) is 0 Å². The topological polar surface area (TPSA) is 74.2 Å². The highest BCUT2D eigenvalue weighted by molar-refractivity contribution is 7.13. The zero-order valence-corrected chi connectivity index (χ0v) is 10.3. The standard InChI is InChI=1S/C10H17N3O2S/c1-3-4-8-6-16-10(12-8)13-9(15)11-7(2)5-14/h6-7,14H,3-5H2,1-2H3,(H2,11,12,13,15)/t7-/m0/s1. The normalized spacial score (nSPS) is 12.2. The fourth-order valence-corrected chi connectivity index (χ4v) is 1.88. The van der Waals surface area contributed by atoms with Gasteiger partial charge in [-0.2, -0.15) is 0 Å². The molecule has 90 valence electrons. The van der Waals surface area contributed by atoms with Crippen LogP contribution in [0.2, 0.25) is 0 Å². The van der Waals surface area contributed by atoms with Gasteiger partial charge in [-0.15, -0.1) is 11.3 Å². The van der Waals surface area contributed by atoms with Gasteiger partial charge >= 0.3 is 6.03 Å². The van der Waals surface area contributed by atoms with Crippen molar-refractivity contribution in [1.82, 2.24) is 10.3 Å². The van der Waals surface area contributed by atoms with Crippen LogP contribution in [0.5, 0.6) is 0 Å². The first-order chi connectivity index (χ1) is 7.65. The predicted octanol–water partition coefficient (Wildman–Crippen LogP) is 1.60. The minimum Gasteiger partial charge on any atom is -0.394 e. The maximum absolute atomic E-state index is 11.4. The van der Waals surface area contributed by atoms with Crippen molar-refractivity contribution in [2.45, 2.75) is 32.7 Å². The fraction of sp³-hybridized carbons (Fsp3) is 0.600. The molecule has 0 bridgehead atoms. The summed E-state index contributed by atoms with van der Waals surface area (Å²) < 4.78 is 0. The van der Waals surface area contributed by atoms with Crippen LogP contribution in [-0.2, 0) is 6.42 Å². The highest BCUT2D eigenvalue weighted by Gasteiger charge is 2.08. The number of nitrogens with zero attached hydrogens (tertiary/aromatic N) is 1. The van der Waals surface area contributed by atoms with Gasteiger partial charge in [0.15, 0.2) is 5.13 Å². The molecule has 0 saturated carbocycles. The highest BCUT2D eigenvalue weighted by atomic mass is 32.1. The molecule has 5 nitrogen and oxygen atoms in total. The van der Waals surface area contributed by atoms with E-state index in [-0.39, 0.29) is 18.7 Å². The van der Waals surface area contributed by atoms with Gasteiger partial charge in [-0.1, -0.05) is 13.3 Å². The fourth-order valence-electron chi connectivity index (χ4n) is 1.14. The van der Waals surface area contributed by atoms with Crippen molar-refractivity contribution in [2.75, 3.05) is 11.9 Å². The molecule has 1 rings (SSSR count). The number of nitrogens with one attached hydrogen (secondary N) is 2. The number of hydrogen-bond acceptors (Lipinski definition) is 4. The van der Waals surface area contributed by atoms with E-state index in [1.165, 1.54) is 11.3 Å².